The van der Waals surface area contributed by atoms with Gasteiger partial charge < -0.3 is 5.11 Å². The largest absolute Gasteiger partial charge is 0.395 e. The van der Waals surface area contributed by atoms with E-state index in [1.54, 1.807) is 0 Å². The van der Waals surface area contributed by atoms with Crippen LogP contribution in [0.5, 0.6) is 0 Å². The molecule has 0 radical (unpaired) electrons. The van der Waals surface area contributed by atoms with Crippen LogP contribution in [0.4, 0.5) is 0 Å². The Hall–Kier alpha value is -0.120. The smallest absolute Gasteiger partial charge is 0.0599 e. The molecule has 0 aromatic carbocycles. The van der Waals surface area contributed by atoms with Crippen LogP contribution in [-0.4, -0.2) is 59.3 Å². The van der Waals surface area contributed by atoms with Gasteiger partial charge in [0.1, 0.15) is 0 Å². The summed E-state index contributed by atoms with van der Waals surface area (Å²) in [6.45, 7) is 8.23. The molecule has 5 atom stereocenters. The molecule has 0 aromatic heterocycles. The van der Waals surface area contributed by atoms with E-state index in [2.05, 4.69) is 23.6 Å². The van der Waals surface area contributed by atoms with Crippen molar-refractivity contribution >= 4 is 0 Å². The molecule has 0 aliphatic carbocycles. The number of piperazine rings is 3. The maximum absolute atomic E-state index is 9.15. The highest BCUT2D eigenvalue weighted by atomic mass is 16.3. The predicted molar refractivity (Wildman–Crippen MR) is 48.1 cm³/mol. The third-order valence-corrected chi connectivity index (χ3v) is 3.57. The molecule has 3 heteroatoms. The Morgan fingerprint density at radius 3 is 2.58 bits per heavy atom. The minimum atomic E-state index is 0.313. The summed E-state index contributed by atoms with van der Waals surface area (Å²) in [5, 5.41) is 9.15. The van der Waals surface area contributed by atoms with Gasteiger partial charge in [-0.05, 0) is 13.8 Å². The van der Waals surface area contributed by atoms with Gasteiger partial charge in [-0.15, -0.1) is 0 Å². The fourth-order valence-corrected chi connectivity index (χ4v) is 2.54. The van der Waals surface area contributed by atoms with Crippen LogP contribution in [0.1, 0.15) is 13.8 Å². The summed E-state index contributed by atoms with van der Waals surface area (Å²) < 4.78 is 0. The first-order chi connectivity index (χ1) is 5.74. The van der Waals surface area contributed by atoms with Crippen molar-refractivity contribution in [1.82, 2.24) is 9.80 Å². The van der Waals surface area contributed by atoms with Crippen molar-refractivity contribution in [1.29, 1.82) is 0 Å². The quantitative estimate of drug-likeness (QED) is 0.588. The average molecular weight is 170 g/mol. The number of hydrogen-bond donors (Lipinski definition) is 1. The molecule has 3 heterocycles. The second-order valence-electron chi connectivity index (χ2n) is 4.05. The Balaban J connectivity index is 2.12. The van der Waals surface area contributed by atoms with Crippen molar-refractivity contribution in [3.05, 3.63) is 0 Å². The summed E-state index contributed by atoms with van der Waals surface area (Å²) in [5.41, 5.74) is 0. The van der Waals surface area contributed by atoms with Crippen LogP contribution >= 0.6 is 0 Å². The number of aliphatic hydroxyl groups excluding tert-OH is 1. The molecule has 3 nitrogen and oxygen atoms in total. The molecule has 1 N–H and O–H groups in total. The Bertz CT molecular complexity index is 170. The summed E-state index contributed by atoms with van der Waals surface area (Å²) in [5.74, 6) is 0. The van der Waals surface area contributed by atoms with Gasteiger partial charge in [-0.3, -0.25) is 9.80 Å². The van der Waals surface area contributed by atoms with E-state index in [0.717, 1.165) is 13.1 Å². The van der Waals surface area contributed by atoms with Gasteiger partial charge in [-0.2, -0.15) is 0 Å². The van der Waals surface area contributed by atoms with Crippen LogP contribution in [0.3, 0.4) is 0 Å². The summed E-state index contributed by atoms with van der Waals surface area (Å²) in [6.07, 6.45) is 0. The highest BCUT2D eigenvalue weighted by molar-refractivity contribution is 4.96. The summed E-state index contributed by atoms with van der Waals surface area (Å²) in [4.78, 5) is 4.94. The number of aliphatic hydroxyl groups is 1. The lowest BCUT2D eigenvalue weighted by Crippen LogP contribution is -2.69. The zero-order valence-electron chi connectivity index (χ0n) is 7.90. The molecule has 3 aliphatic heterocycles. The number of rotatable bonds is 1. The Morgan fingerprint density at radius 1 is 1.25 bits per heavy atom. The molecule has 0 spiro atoms. The summed E-state index contributed by atoms with van der Waals surface area (Å²) in [7, 11) is 0. The minimum Gasteiger partial charge on any atom is -0.395 e. The Morgan fingerprint density at radius 2 is 2.00 bits per heavy atom. The van der Waals surface area contributed by atoms with Gasteiger partial charge in [0.05, 0.1) is 6.61 Å². The minimum absolute atomic E-state index is 0.313. The van der Waals surface area contributed by atoms with Crippen molar-refractivity contribution in [3.8, 4) is 0 Å². The third kappa shape index (κ3) is 1.08. The van der Waals surface area contributed by atoms with Gasteiger partial charge in [-0.1, -0.05) is 0 Å². The van der Waals surface area contributed by atoms with Gasteiger partial charge in [-0.25, -0.2) is 0 Å². The first-order valence-electron chi connectivity index (χ1n) is 4.84. The molecule has 0 amide bonds. The van der Waals surface area contributed by atoms with Crippen molar-refractivity contribution < 1.29 is 5.11 Å². The van der Waals surface area contributed by atoms with Crippen LogP contribution < -0.4 is 0 Å². The maximum atomic E-state index is 9.15. The fourth-order valence-electron chi connectivity index (χ4n) is 2.54. The molecular formula is C9H18N2O. The van der Waals surface area contributed by atoms with Gasteiger partial charge in [0.25, 0.3) is 0 Å². The lowest BCUT2D eigenvalue weighted by molar-refractivity contribution is -0.0768. The summed E-state index contributed by atoms with van der Waals surface area (Å²) in [6, 6.07) is 1.68. The predicted octanol–water partition coefficient (Wildman–Crippen LogP) is -0.245. The lowest BCUT2D eigenvalue weighted by Gasteiger charge is -2.54. The second kappa shape index (κ2) is 2.98. The standard InChI is InChI=1S/C9H18N2O/c1-7-8(2)11-4-3-10(7)5-9(11)6-12/h7-9,12H,3-6H2,1-2H3. The van der Waals surface area contributed by atoms with Crippen molar-refractivity contribution in [2.45, 2.75) is 32.0 Å². The van der Waals surface area contributed by atoms with Crippen LogP contribution in [0, 0.1) is 0 Å². The van der Waals surface area contributed by atoms with Crippen molar-refractivity contribution in [2.75, 3.05) is 26.2 Å². The van der Waals surface area contributed by atoms with E-state index < -0.39 is 0 Å². The second-order valence-corrected chi connectivity index (χ2v) is 4.05. The highest BCUT2D eigenvalue weighted by Crippen LogP contribution is 2.25. The third-order valence-electron chi connectivity index (χ3n) is 3.57. The topological polar surface area (TPSA) is 26.7 Å². The number of nitrogens with zero attached hydrogens (tertiary/aromatic N) is 2. The van der Waals surface area contributed by atoms with E-state index in [1.807, 2.05) is 0 Å². The van der Waals surface area contributed by atoms with E-state index in [9.17, 15) is 0 Å². The van der Waals surface area contributed by atoms with Gasteiger partial charge >= 0.3 is 0 Å². The highest BCUT2D eigenvalue weighted by Gasteiger charge is 2.40. The number of fused-ring (bicyclic) bond motifs is 3. The zero-order valence-corrected chi connectivity index (χ0v) is 7.90. The first-order valence-corrected chi connectivity index (χ1v) is 4.84. The molecule has 5 unspecified atom stereocenters. The van der Waals surface area contributed by atoms with Crippen LogP contribution in [0.25, 0.3) is 0 Å². The Kier molecular flexibility index (Phi) is 2.10. The maximum Gasteiger partial charge on any atom is 0.0599 e. The molecule has 3 aliphatic rings. The van der Waals surface area contributed by atoms with Crippen molar-refractivity contribution in [2.24, 2.45) is 0 Å². The molecular weight excluding hydrogens is 152 g/mol. The SMILES string of the molecule is CC1C(C)N2CCN1CC2CO. The molecule has 0 saturated carbocycles. The van der Waals surface area contributed by atoms with Crippen LogP contribution in [0.15, 0.2) is 0 Å². The molecule has 12 heavy (non-hydrogen) atoms. The van der Waals surface area contributed by atoms with E-state index in [-0.39, 0.29) is 0 Å². The molecule has 70 valence electrons. The average Bonchev–Trinajstić information content (AvgIpc) is 2.12. The molecule has 3 saturated heterocycles. The monoisotopic (exact) mass is 170 g/mol. The Labute approximate surface area is 74.0 Å². The lowest BCUT2D eigenvalue weighted by atomic mass is 9.96. The van der Waals surface area contributed by atoms with Gasteiger partial charge in [0.15, 0.2) is 0 Å². The first kappa shape index (κ1) is 8.48. The molecule has 0 aromatic rings. The molecule has 2 bridgehead atoms. The number of hydrogen-bond acceptors (Lipinski definition) is 3. The summed E-state index contributed by atoms with van der Waals surface area (Å²) >= 11 is 0. The molecule has 3 fully saturated rings. The van der Waals surface area contributed by atoms with Gasteiger partial charge in [0.2, 0.25) is 0 Å². The van der Waals surface area contributed by atoms with Crippen LogP contribution in [-0.2, 0) is 0 Å². The van der Waals surface area contributed by atoms with E-state index in [1.165, 1.54) is 6.54 Å². The molecule has 3 rings (SSSR count). The van der Waals surface area contributed by atoms with Crippen LogP contribution in [0.2, 0.25) is 0 Å². The van der Waals surface area contributed by atoms with Gasteiger partial charge in [0, 0.05) is 37.8 Å². The zero-order chi connectivity index (χ0) is 8.72. The van der Waals surface area contributed by atoms with E-state index in [4.69, 9.17) is 5.11 Å². The van der Waals surface area contributed by atoms with E-state index >= 15 is 0 Å². The fraction of sp³-hybridized carbons (Fsp3) is 1.00. The normalized spacial score (nSPS) is 52.8. The van der Waals surface area contributed by atoms with Crippen molar-refractivity contribution in [3.63, 3.8) is 0 Å². The van der Waals surface area contributed by atoms with E-state index in [0.29, 0.717) is 24.7 Å².